The van der Waals surface area contributed by atoms with E-state index in [1.165, 1.54) is 0 Å². The van der Waals surface area contributed by atoms with Gasteiger partial charge in [-0.15, -0.1) is 0 Å². The largest absolute Gasteiger partial charge is 0.489 e. The van der Waals surface area contributed by atoms with Crippen molar-refractivity contribution in [2.75, 3.05) is 13.1 Å². The van der Waals surface area contributed by atoms with Crippen molar-refractivity contribution in [1.29, 1.82) is 0 Å². The number of carboxylic acids is 1. The summed E-state index contributed by atoms with van der Waals surface area (Å²) in [5.41, 5.74) is 0. The topological polar surface area (TPSA) is 49.8 Å². The van der Waals surface area contributed by atoms with E-state index in [1.54, 1.807) is 0 Å². The number of hydrogen-bond acceptors (Lipinski definition) is 3. The van der Waals surface area contributed by atoms with Crippen LogP contribution in [0.4, 0.5) is 0 Å². The van der Waals surface area contributed by atoms with Crippen LogP contribution >= 0.6 is 0 Å². The van der Waals surface area contributed by atoms with Gasteiger partial charge in [0, 0.05) is 13.0 Å². The molecule has 0 aliphatic carbocycles. The fraction of sp³-hybridized carbons (Fsp3) is 0.500. The maximum absolute atomic E-state index is 11.2. The number of nitrogens with zero attached hydrogens (tertiary/aromatic N) is 1. The van der Waals surface area contributed by atoms with Crippen molar-refractivity contribution in [2.45, 2.75) is 31.9 Å². The second kappa shape index (κ2) is 5.87. The summed E-state index contributed by atoms with van der Waals surface area (Å²) in [6.45, 7) is 3.57. The molecule has 1 aliphatic heterocycles. The molecule has 1 N–H and O–H groups in total. The lowest BCUT2D eigenvalue weighted by Gasteiger charge is -2.19. The molecule has 0 radical (unpaired) electrons. The van der Waals surface area contributed by atoms with Crippen LogP contribution in [0.5, 0.6) is 5.75 Å². The molecule has 18 heavy (non-hydrogen) atoms. The lowest BCUT2D eigenvalue weighted by molar-refractivity contribution is -0.142. The fourth-order valence-electron chi connectivity index (χ4n) is 2.43. The molecule has 4 heteroatoms. The summed E-state index contributed by atoms with van der Waals surface area (Å²) in [6, 6.07) is 9.17. The van der Waals surface area contributed by atoms with E-state index in [0.29, 0.717) is 13.0 Å². The summed E-state index contributed by atoms with van der Waals surface area (Å²) in [7, 11) is 0. The van der Waals surface area contributed by atoms with Crippen LogP contribution in [0, 0.1) is 0 Å². The predicted octanol–water partition coefficient (Wildman–Crippen LogP) is 2.00. The van der Waals surface area contributed by atoms with Crippen molar-refractivity contribution in [3.63, 3.8) is 0 Å². The van der Waals surface area contributed by atoms with Crippen molar-refractivity contribution in [1.82, 2.24) is 4.90 Å². The van der Waals surface area contributed by atoms with Crippen LogP contribution in [0.1, 0.15) is 19.8 Å². The summed E-state index contributed by atoms with van der Waals surface area (Å²) >= 11 is 0. The monoisotopic (exact) mass is 249 g/mol. The molecule has 1 aromatic rings. The first-order chi connectivity index (χ1) is 8.70. The Morgan fingerprint density at radius 2 is 2.17 bits per heavy atom. The van der Waals surface area contributed by atoms with Gasteiger partial charge in [-0.1, -0.05) is 25.1 Å². The smallest absolute Gasteiger partial charge is 0.321 e. The van der Waals surface area contributed by atoms with Crippen LogP contribution < -0.4 is 4.74 Å². The number of para-hydroxylation sites is 1. The summed E-state index contributed by atoms with van der Waals surface area (Å²) in [6.07, 6.45) is 1.49. The zero-order valence-electron chi connectivity index (χ0n) is 10.6. The second-order valence-electron chi connectivity index (χ2n) is 4.64. The van der Waals surface area contributed by atoms with Crippen LogP contribution in [-0.4, -0.2) is 41.2 Å². The third kappa shape index (κ3) is 3.01. The minimum atomic E-state index is -0.748. The van der Waals surface area contributed by atoms with Gasteiger partial charge in [-0.3, -0.25) is 9.69 Å². The Labute approximate surface area is 107 Å². The Morgan fingerprint density at radius 1 is 1.44 bits per heavy atom. The number of benzene rings is 1. The second-order valence-corrected chi connectivity index (χ2v) is 4.64. The fourth-order valence-corrected chi connectivity index (χ4v) is 2.43. The Kier molecular flexibility index (Phi) is 4.20. The van der Waals surface area contributed by atoms with Gasteiger partial charge in [-0.05, 0) is 25.1 Å². The minimum Gasteiger partial charge on any atom is -0.489 e. The van der Waals surface area contributed by atoms with E-state index in [9.17, 15) is 9.90 Å². The first-order valence-electron chi connectivity index (χ1n) is 6.39. The highest BCUT2D eigenvalue weighted by atomic mass is 16.5. The summed E-state index contributed by atoms with van der Waals surface area (Å²) in [4.78, 5) is 13.2. The van der Waals surface area contributed by atoms with Crippen LogP contribution in [0.15, 0.2) is 30.3 Å². The Bertz CT molecular complexity index is 393. The van der Waals surface area contributed by atoms with E-state index < -0.39 is 12.0 Å². The molecule has 0 aromatic heterocycles. The number of carbonyl (C=O) groups is 1. The van der Waals surface area contributed by atoms with E-state index in [-0.39, 0.29) is 6.10 Å². The summed E-state index contributed by atoms with van der Waals surface area (Å²) in [5.74, 6) is 0.0626. The van der Waals surface area contributed by atoms with Crippen LogP contribution in [0.2, 0.25) is 0 Å². The molecule has 0 saturated carbocycles. The highest BCUT2D eigenvalue weighted by Crippen LogP contribution is 2.23. The number of aliphatic carboxylic acids is 1. The van der Waals surface area contributed by atoms with Gasteiger partial charge in [0.2, 0.25) is 0 Å². The first kappa shape index (κ1) is 12.9. The molecule has 1 aromatic carbocycles. The SMILES string of the molecule is CCCN1CC(Oc2ccccc2)CC1C(=O)O. The van der Waals surface area contributed by atoms with Gasteiger partial charge in [0.05, 0.1) is 0 Å². The summed E-state index contributed by atoms with van der Waals surface area (Å²) < 4.78 is 5.83. The predicted molar refractivity (Wildman–Crippen MR) is 68.8 cm³/mol. The molecule has 0 amide bonds. The van der Waals surface area contributed by atoms with Gasteiger partial charge in [0.1, 0.15) is 17.9 Å². The van der Waals surface area contributed by atoms with Gasteiger partial charge in [0.15, 0.2) is 0 Å². The van der Waals surface area contributed by atoms with Crippen molar-refractivity contribution in [3.8, 4) is 5.75 Å². The molecule has 4 nitrogen and oxygen atoms in total. The molecule has 1 aliphatic rings. The minimum absolute atomic E-state index is 0.0277. The molecule has 2 rings (SSSR count). The number of carboxylic acid groups (broad SMARTS) is 1. The van der Waals surface area contributed by atoms with E-state index in [2.05, 4.69) is 6.92 Å². The lowest BCUT2D eigenvalue weighted by atomic mass is 10.2. The van der Waals surface area contributed by atoms with Crippen LogP contribution in [-0.2, 0) is 4.79 Å². The third-order valence-corrected chi connectivity index (χ3v) is 3.21. The zero-order valence-corrected chi connectivity index (χ0v) is 10.6. The van der Waals surface area contributed by atoms with Gasteiger partial charge < -0.3 is 9.84 Å². The molecule has 98 valence electrons. The molecule has 1 saturated heterocycles. The van der Waals surface area contributed by atoms with Crippen LogP contribution in [0.25, 0.3) is 0 Å². The van der Waals surface area contributed by atoms with E-state index in [4.69, 9.17) is 4.74 Å². The molecule has 0 bridgehead atoms. The van der Waals surface area contributed by atoms with Crippen molar-refractivity contribution in [2.24, 2.45) is 0 Å². The molecular weight excluding hydrogens is 230 g/mol. The maximum atomic E-state index is 11.2. The van der Waals surface area contributed by atoms with E-state index in [0.717, 1.165) is 18.7 Å². The van der Waals surface area contributed by atoms with Crippen LogP contribution in [0.3, 0.4) is 0 Å². The van der Waals surface area contributed by atoms with Crippen molar-refractivity contribution >= 4 is 5.97 Å². The quantitative estimate of drug-likeness (QED) is 0.867. The average Bonchev–Trinajstić information content (AvgIpc) is 2.74. The highest BCUT2D eigenvalue weighted by Gasteiger charge is 2.37. The zero-order chi connectivity index (χ0) is 13.0. The molecular formula is C14H19NO3. The molecule has 1 fully saturated rings. The normalized spacial score (nSPS) is 24.1. The lowest BCUT2D eigenvalue weighted by Crippen LogP contribution is -2.36. The third-order valence-electron chi connectivity index (χ3n) is 3.21. The Balaban J connectivity index is 1.98. The molecule has 2 atom stereocenters. The van der Waals surface area contributed by atoms with Gasteiger partial charge in [0.25, 0.3) is 0 Å². The highest BCUT2D eigenvalue weighted by molar-refractivity contribution is 5.74. The maximum Gasteiger partial charge on any atom is 0.321 e. The molecule has 2 unspecified atom stereocenters. The van der Waals surface area contributed by atoms with Crippen molar-refractivity contribution in [3.05, 3.63) is 30.3 Å². The van der Waals surface area contributed by atoms with Gasteiger partial charge in [-0.25, -0.2) is 0 Å². The molecule has 1 heterocycles. The first-order valence-corrected chi connectivity index (χ1v) is 6.39. The van der Waals surface area contributed by atoms with Gasteiger partial charge in [-0.2, -0.15) is 0 Å². The average molecular weight is 249 g/mol. The molecule has 0 spiro atoms. The Morgan fingerprint density at radius 3 is 2.78 bits per heavy atom. The summed E-state index contributed by atoms with van der Waals surface area (Å²) in [5, 5.41) is 9.20. The van der Waals surface area contributed by atoms with E-state index in [1.807, 2.05) is 35.2 Å². The standard InChI is InChI=1S/C14H19NO3/c1-2-8-15-10-12(9-13(15)14(16)17)18-11-6-4-3-5-7-11/h3-7,12-13H,2,8-10H2,1H3,(H,16,17). The number of likely N-dealkylation sites (tertiary alicyclic amines) is 1. The van der Waals surface area contributed by atoms with Crippen molar-refractivity contribution < 1.29 is 14.6 Å². The van der Waals surface area contributed by atoms with Gasteiger partial charge >= 0.3 is 5.97 Å². The number of rotatable bonds is 5. The number of hydrogen-bond donors (Lipinski definition) is 1. The van der Waals surface area contributed by atoms with E-state index >= 15 is 0 Å². The Hall–Kier alpha value is -1.55. The number of ether oxygens (including phenoxy) is 1.